The van der Waals surface area contributed by atoms with Crippen molar-refractivity contribution in [2.45, 2.75) is 38.6 Å². The highest BCUT2D eigenvalue weighted by Crippen LogP contribution is 2.23. The van der Waals surface area contributed by atoms with E-state index in [1.165, 1.54) is 0 Å². The Labute approximate surface area is 171 Å². The average Bonchev–Trinajstić information content (AvgIpc) is 3.39. The minimum atomic E-state index is -0.616. The van der Waals surface area contributed by atoms with Gasteiger partial charge in [-0.2, -0.15) is 4.98 Å². The van der Waals surface area contributed by atoms with E-state index in [9.17, 15) is 9.59 Å². The van der Waals surface area contributed by atoms with Gasteiger partial charge in [-0.1, -0.05) is 11.2 Å². The highest BCUT2D eigenvalue weighted by Gasteiger charge is 2.22. The largest absolute Gasteiger partial charge is 0.427 e. The summed E-state index contributed by atoms with van der Waals surface area (Å²) in [7, 11) is 0. The molecule has 1 fully saturated rings. The van der Waals surface area contributed by atoms with Crippen molar-refractivity contribution in [3.8, 4) is 0 Å². The fourth-order valence-corrected chi connectivity index (χ4v) is 4.14. The van der Waals surface area contributed by atoms with Crippen LogP contribution in [-0.2, 0) is 13.0 Å². The SMILES string of the molecule is Cc1cc(C2CCCNC2)oc(=O)c1C(=O)NCc1noc(Cc2cccs2)n1. The number of piperidine rings is 1. The maximum atomic E-state index is 12.5. The summed E-state index contributed by atoms with van der Waals surface area (Å²) in [5.74, 6) is 1.13. The first-order chi connectivity index (χ1) is 14.1. The molecule has 1 aliphatic rings. The zero-order valence-corrected chi connectivity index (χ0v) is 16.9. The molecule has 8 nitrogen and oxygen atoms in total. The van der Waals surface area contributed by atoms with Gasteiger partial charge in [-0.05, 0) is 49.4 Å². The van der Waals surface area contributed by atoms with E-state index in [1.54, 1.807) is 24.3 Å². The van der Waals surface area contributed by atoms with Crippen LogP contribution in [0.15, 0.2) is 37.3 Å². The number of carbonyl (C=O) groups excluding carboxylic acids is 1. The summed E-state index contributed by atoms with van der Waals surface area (Å²) < 4.78 is 10.7. The van der Waals surface area contributed by atoms with Crippen LogP contribution in [0.2, 0.25) is 0 Å². The number of carbonyl (C=O) groups is 1. The Morgan fingerprint density at radius 1 is 1.45 bits per heavy atom. The Balaban J connectivity index is 1.40. The number of aromatic nitrogens is 2. The highest BCUT2D eigenvalue weighted by atomic mass is 32.1. The molecular weight excluding hydrogens is 392 g/mol. The number of nitrogens with zero attached hydrogens (tertiary/aromatic N) is 2. The van der Waals surface area contributed by atoms with Crippen LogP contribution in [-0.4, -0.2) is 29.1 Å². The molecule has 3 aromatic rings. The standard InChI is InChI=1S/C20H22N4O4S/c1-12-8-15(13-4-2-6-21-10-13)27-20(26)18(12)19(25)22-11-16-23-17(28-24-16)9-14-5-3-7-29-14/h3,5,7-8,13,21H,2,4,6,9-11H2,1H3,(H,22,25). The molecule has 4 heterocycles. The number of aryl methyl sites for hydroxylation is 1. The smallest absolute Gasteiger partial charge is 0.349 e. The predicted octanol–water partition coefficient (Wildman–Crippen LogP) is 2.38. The molecule has 1 amide bonds. The lowest BCUT2D eigenvalue weighted by molar-refractivity contribution is 0.0944. The second-order valence-electron chi connectivity index (χ2n) is 7.08. The third kappa shape index (κ3) is 4.63. The van der Waals surface area contributed by atoms with Gasteiger partial charge in [0, 0.05) is 17.3 Å². The van der Waals surface area contributed by atoms with Crippen molar-refractivity contribution in [3.05, 3.63) is 67.5 Å². The van der Waals surface area contributed by atoms with Gasteiger partial charge in [0.15, 0.2) is 5.82 Å². The summed E-state index contributed by atoms with van der Waals surface area (Å²) >= 11 is 1.61. The third-order valence-corrected chi connectivity index (χ3v) is 5.79. The van der Waals surface area contributed by atoms with Crippen molar-refractivity contribution in [1.29, 1.82) is 0 Å². The normalized spacial score (nSPS) is 16.7. The first-order valence-electron chi connectivity index (χ1n) is 9.57. The van der Waals surface area contributed by atoms with Crippen LogP contribution in [0.25, 0.3) is 0 Å². The van der Waals surface area contributed by atoms with E-state index in [-0.39, 0.29) is 18.0 Å². The summed E-state index contributed by atoms with van der Waals surface area (Å²) in [6.45, 7) is 3.57. The zero-order chi connectivity index (χ0) is 20.2. The minimum absolute atomic E-state index is 0.0137. The second kappa shape index (κ2) is 8.71. The molecule has 0 radical (unpaired) electrons. The second-order valence-corrected chi connectivity index (χ2v) is 8.11. The van der Waals surface area contributed by atoms with Crippen molar-refractivity contribution in [3.63, 3.8) is 0 Å². The Morgan fingerprint density at radius 2 is 2.34 bits per heavy atom. The summed E-state index contributed by atoms with van der Waals surface area (Å²) in [6.07, 6.45) is 2.56. The summed E-state index contributed by atoms with van der Waals surface area (Å²) in [5, 5.41) is 11.8. The molecular formula is C20H22N4O4S. The van der Waals surface area contributed by atoms with Crippen LogP contribution in [0.4, 0.5) is 0 Å². The monoisotopic (exact) mass is 414 g/mol. The Bertz CT molecular complexity index is 1040. The predicted molar refractivity (Wildman–Crippen MR) is 107 cm³/mol. The van der Waals surface area contributed by atoms with Crippen molar-refractivity contribution in [1.82, 2.24) is 20.8 Å². The number of amides is 1. The fourth-order valence-electron chi connectivity index (χ4n) is 3.45. The van der Waals surface area contributed by atoms with Crippen molar-refractivity contribution < 1.29 is 13.7 Å². The molecule has 1 saturated heterocycles. The molecule has 9 heteroatoms. The van der Waals surface area contributed by atoms with Crippen molar-refractivity contribution in [2.24, 2.45) is 0 Å². The number of hydrogen-bond donors (Lipinski definition) is 2. The van der Waals surface area contributed by atoms with E-state index in [0.29, 0.717) is 29.5 Å². The summed E-state index contributed by atoms with van der Waals surface area (Å²) in [6, 6.07) is 5.74. The van der Waals surface area contributed by atoms with Gasteiger partial charge in [-0.15, -0.1) is 11.3 Å². The van der Waals surface area contributed by atoms with E-state index in [1.807, 2.05) is 17.5 Å². The topological polar surface area (TPSA) is 110 Å². The summed E-state index contributed by atoms with van der Waals surface area (Å²) in [5.41, 5.74) is 0.000197. The van der Waals surface area contributed by atoms with Crippen molar-refractivity contribution >= 4 is 17.2 Å². The van der Waals surface area contributed by atoms with E-state index >= 15 is 0 Å². The van der Waals surface area contributed by atoms with Gasteiger partial charge in [0.05, 0.1) is 13.0 Å². The molecule has 4 rings (SSSR count). The number of hydrogen-bond acceptors (Lipinski definition) is 8. The molecule has 1 unspecified atom stereocenters. The van der Waals surface area contributed by atoms with Gasteiger partial charge in [0.25, 0.3) is 5.91 Å². The molecule has 152 valence electrons. The van der Waals surface area contributed by atoms with E-state index in [0.717, 1.165) is 30.8 Å². The molecule has 1 atom stereocenters. The van der Waals surface area contributed by atoms with Crippen LogP contribution in [0.3, 0.4) is 0 Å². The molecule has 29 heavy (non-hydrogen) atoms. The third-order valence-electron chi connectivity index (χ3n) is 4.92. The zero-order valence-electron chi connectivity index (χ0n) is 16.1. The van der Waals surface area contributed by atoms with Gasteiger partial charge in [0.1, 0.15) is 11.3 Å². The summed E-state index contributed by atoms with van der Waals surface area (Å²) in [4.78, 5) is 30.4. The van der Waals surface area contributed by atoms with Gasteiger partial charge in [-0.25, -0.2) is 4.79 Å². The van der Waals surface area contributed by atoms with Crippen LogP contribution >= 0.6 is 11.3 Å². The lowest BCUT2D eigenvalue weighted by Crippen LogP contribution is -2.31. The molecule has 0 aliphatic carbocycles. The molecule has 1 aliphatic heterocycles. The van der Waals surface area contributed by atoms with Gasteiger partial charge < -0.3 is 19.6 Å². The Morgan fingerprint density at radius 3 is 3.07 bits per heavy atom. The quantitative estimate of drug-likeness (QED) is 0.637. The fraction of sp³-hybridized carbons (Fsp3) is 0.400. The average molecular weight is 414 g/mol. The first kappa shape index (κ1) is 19.5. The van der Waals surface area contributed by atoms with Crippen molar-refractivity contribution in [2.75, 3.05) is 13.1 Å². The maximum Gasteiger partial charge on any atom is 0.349 e. The van der Waals surface area contributed by atoms with E-state index < -0.39 is 11.5 Å². The number of thiophene rings is 1. The van der Waals surface area contributed by atoms with E-state index in [4.69, 9.17) is 8.94 Å². The number of rotatable bonds is 6. The van der Waals surface area contributed by atoms with Crippen LogP contribution in [0.5, 0.6) is 0 Å². The first-order valence-corrected chi connectivity index (χ1v) is 10.5. The highest BCUT2D eigenvalue weighted by molar-refractivity contribution is 7.09. The van der Waals surface area contributed by atoms with Gasteiger partial charge in [-0.3, -0.25) is 4.79 Å². The molecule has 2 N–H and O–H groups in total. The van der Waals surface area contributed by atoms with Gasteiger partial charge in [0.2, 0.25) is 5.89 Å². The van der Waals surface area contributed by atoms with Crippen LogP contribution in [0.1, 0.15) is 57.0 Å². The van der Waals surface area contributed by atoms with E-state index in [2.05, 4.69) is 20.8 Å². The minimum Gasteiger partial charge on any atom is -0.427 e. The lowest BCUT2D eigenvalue weighted by atomic mass is 9.95. The Kier molecular flexibility index (Phi) is 5.86. The maximum absolute atomic E-state index is 12.5. The molecule has 0 aromatic carbocycles. The molecule has 0 spiro atoms. The molecule has 3 aromatic heterocycles. The molecule has 0 bridgehead atoms. The lowest BCUT2D eigenvalue weighted by Gasteiger charge is -2.22. The van der Waals surface area contributed by atoms with Crippen LogP contribution < -0.4 is 16.3 Å². The van der Waals surface area contributed by atoms with Gasteiger partial charge >= 0.3 is 5.63 Å². The Hall–Kier alpha value is -2.78. The molecule has 0 saturated carbocycles. The van der Waals surface area contributed by atoms with Crippen LogP contribution in [0, 0.1) is 6.92 Å². The number of nitrogens with one attached hydrogen (secondary N) is 2.